The molecule has 0 aromatic rings. The molecule has 0 aliphatic carbocycles. The number of thiocarbonyl (C=S) groups is 1. The van der Waals surface area contributed by atoms with Gasteiger partial charge in [-0.3, -0.25) is 0 Å². The van der Waals surface area contributed by atoms with Crippen LogP contribution in [0.15, 0.2) is 12.3 Å². The lowest BCUT2D eigenvalue weighted by Gasteiger charge is -1.93. The topological polar surface area (TPSA) is 38.0 Å². The first kappa shape index (κ1) is 9.43. The summed E-state index contributed by atoms with van der Waals surface area (Å²) in [5.74, 6) is 0. The van der Waals surface area contributed by atoms with E-state index in [2.05, 4.69) is 24.5 Å². The number of allylic oxidation sites excluding steroid dienone is 1. The Bertz CT molecular complexity index is 121. The SMILES string of the molecule is CCCC/C=C/NC(N)=S. The van der Waals surface area contributed by atoms with E-state index in [-0.39, 0.29) is 0 Å². The second-order valence-corrected chi connectivity index (χ2v) is 2.49. The molecule has 0 saturated heterocycles. The molecule has 0 aromatic heterocycles. The molecule has 58 valence electrons. The maximum absolute atomic E-state index is 5.18. The third-order valence-electron chi connectivity index (χ3n) is 1.07. The minimum absolute atomic E-state index is 0.327. The van der Waals surface area contributed by atoms with Gasteiger partial charge in [0.25, 0.3) is 0 Å². The first-order valence-electron chi connectivity index (χ1n) is 3.48. The molecule has 0 radical (unpaired) electrons. The van der Waals surface area contributed by atoms with Gasteiger partial charge in [0, 0.05) is 0 Å². The Hall–Kier alpha value is -0.570. The fraction of sp³-hybridized carbons (Fsp3) is 0.571. The number of hydrogen-bond acceptors (Lipinski definition) is 1. The number of nitrogens with two attached hydrogens (primary N) is 1. The fourth-order valence-electron chi connectivity index (χ4n) is 0.546. The summed E-state index contributed by atoms with van der Waals surface area (Å²) in [6.45, 7) is 2.16. The Morgan fingerprint density at radius 3 is 2.90 bits per heavy atom. The van der Waals surface area contributed by atoms with E-state index in [0.29, 0.717) is 5.11 Å². The van der Waals surface area contributed by atoms with Crippen molar-refractivity contribution < 1.29 is 0 Å². The first-order chi connectivity index (χ1) is 4.77. The van der Waals surface area contributed by atoms with Crippen LogP contribution in [0.2, 0.25) is 0 Å². The summed E-state index contributed by atoms with van der Waals surface area (Å²) in [5, 5.41) is 3.06. The molecular formula is C7H14N2S. The van der Waals surface area contributed by atoms with Crippen molar-refractivity contribution in [2.75, 3.05) is 0 Å². The molecule has 0 atom stereocenters. The van der Waals surface area contributed by atoms with Crippen molar-refractivity contribution in [3.8, 4) is 0 Å². The van der Waals surface area contributed by atoms with Gasteiger partial charge < -0.3 is 11.1 Å². The molecule has 0 saturated carbocycles. The average molecular weight is 158 g/mol. The number of unbranched alkanes of at least 4 members (excludes halogenated alkanes) is 2. The smallest absolute Gasteiger partial charge is 0.167 e. The van der Waals surface area contributed by atoms with Crippen LogP contribution in [0, 0.1) is 0 Å². The van der Waals surface area contributed by atoms with Gasteiger partial charge in [-0.15, -0.1) is 0 Å². The molecule has 0 aliphatic heterocycles. The second kappa shape index (κ2) is 6.55. The minimum atomic E-state index is 0.327. The summed E-state index contributed by atoms with van der Waals surface area (Å²) < 4.78 is 0. The summed E-state index contributed by atoms with van der Waals surface area (Å²) in [6.07, 6.45) is 7.35. The highest BCUT2D eigenvalue weighted by atomic mass is 32.1. The van der Waals surface area contributed by atoms with Gasteiger partial charge in [0.2, 0.25) is 0 Å². The Morgan fingerprint density at radius 2 is 2.40 bits per heavy atom. The highest BCUT2D eigenvalue weighted by Gasteiger charge is 1.78. The highest BCUT2D eigenvalue weighted by Crippen LogP contribution is 1.93. The van der Waals surface area contributed by atoms with Crippen LogP contribution < -0.4 is 11.1 Å². The van der Waals surface area contributed by atoms with E-state index in [1.807, 2.05) is 6.08 Å². The Kier molecular flexibility index (Phi) is 6.18. The summed E-state index contributed by atoms with van der Waals surface area (Å²) in [5.41, 5.74) is 5.18. The summed E-state index contributed by atoms with van der Waals surface area (Å²) in [4.78, 5) is 0. The van der Waals surface area contributed by atoms with Gasteiger partial charge in [-0.25, -0.2) is 0 Å². The zero-order valence-corrected chi connectivity index (χ0v) is 7.08. The van der Waals surface area contributed by atoms with E-state index in [9.17, 15) is 0 Å². The van der Waals surface area contributed by atoms with Crippen LogP contribution in [0.25, 0.3) is 0 Å². The van der Waals surface area contributed by atoms with Crippen molar-refractivity contribution in [2.24, 2.45) is 5.73 Å². The van der Waals surface area contributed by atoms with Crippen LogP contribution in [-0.2, 0) is 0 Å². The molecule has 2 nitrogen and oxygen atoms in total. The van der Waals surface area contributed by atoms with Crippen molar-refractivity contribution in [2.45, 2.75) is 26.2 Å². The number of rotatable bonds is 4. The Labute approximate surface area is 67.5 Å². The van der Waals surface area contributed by atoms with Crippen molar-refractivity contribution in [3.05, 3.63) is 12.3 Å². The largest absolute Gasteiger partial charge is 0.376 e. The monoisotopic (exact) mass is 158 g/mol. The van der Waals surface area contributed by atoms with E-state index >= 15 is 0 Å². The van der Waals surface area contributed by atoms with E-state index in [0.717, 1.165) is 6.42 Å². The molecule has 0 amide bonds. The quantitative estimate of drug-likeness (QED) is 0.481. The van der Waals surface area contributed by atoms with Crippen LogP contribution in [0.4, 0.5) is 0 Å². The lowest BCUT2D eigenvalue weighted by atomic mass is 10.2. The normalized spacial score (nSPS) is 10.1. The van der Waals surface area contributed by atoms with E-state index in [4.69, 9.17) is 5.73 Å². The van der Waals surface area contributed by atoms with Crippen molar-refractivity contribution in [1.29, 1.82) is 0 Å². The average Bonchev–Trinajstić information content (AvgIpc) is 1.87. The fourth-order valence-corrected chi connectivity index (χ4v) is 0.614. The van der Waals surface area contributed by atoms with Gasteiger partial charge >= 0.3 is 0 Å². The molecule has 3 N–H and O–H groups in total. The maximum Gasteiger partial charge on any atom is 0.167 e. The molecular weight excluding hydrogens is 144 g/mol. The lowest BCUT2D eigenvalue weighted by Crippen LogP contribution is -2.23. The molecule has 0 spiro atoms. The van der Waals surface area contributed by atoms with Gasteiger partial charge in [-0.2, -0.15) is 0 Å². The van der Waals surface area contributed by atoms with Gasteiger partial charge in [0.15, 0.2) is 5.11 Å². The molecule has 0 unspecified atom stereocenters. The third kappa shape index (κ3) is 7.43. The molecule has 0 fully saturated rings. The molecule has 0 rings (SSSR count). The molecule has 0 heterocycles. The molecule has 10 heavy (non-hydrogen) atoms. The van der Waals surface area contributed by atoms with Crippen LogP contribution in [-0.4, -0.2) is 5.11 Å². The first-order valence-corrected chi connectivity index (χ1v) is 3.89. The summed E-state index contributed by atoms with van der Waals surface area (Å²) in [6, 6.07) is 0. The van der Waals surface area contributed by atoms with Gasteiger partial charge in [-0.05, 0) is 24.8 Å². The van der Waals surface area contributed by atoms with Crippen LogP contribution >= 0.6 is 12.2 Å². The summed E-state index contributed by atoms with van der Waals surface area (Å²) >= 11 is 4.59. The Balaban J connectivity index is 3.12. The predicted molar refractivity (Wildman–Crippen MR) is 48.6 cm³/mol. The van der Waals surface area contributed by atoms with Crippen molar-refractivity contribution in [1.82, 2.24) is 5.32 Å². The molecule has 0 aromatic carbocycles. The lowest BCUT2D eigenvalue weighted by molar-refractivity contribution is 0.812. The van der Waals surface area contributed by atoms with Gasteiger partial charge in [-0.1, -0.05) is 25.8 Å². The van der Waals surface area contributed by atoms with Crippen LogP contribution in [0.1, 0.15) is 26.2 Å². The van der Waals surface area contributed by atoms with Crippen molar-refractivity contribution >= 4 is 17.3 Å². The molecule has 3 heteroatoms. The van der Waals surface area contributed by atoms with E-state index < -0.39 is 0 Å². The van der Waals surface area contributed by atoms with Crippen molar-refractivity contribution in [3.63, 3.8) is 0 Å². The van der Waals surface area contributed by atoms with E-state index in [1.165, 1.54) is 12.8 Å². The highest BCUT2D eigenvalue weighted by molar-refractivity contribution is 7.80. The Morgan fingerprint density at radius 1 is 1.70 bits per heavy atom. The van der Waals surface area contributed by atoms with Gasteiger partial charge in [0.1, 0.15) is 0 Å². The van der Waals surface area contributed by atoms with Gasteiger partial charge in [0.05, 0.1) is 0 Å². The van der Waals surface area contributed by atoms with Crippen LogP contribution in [0.5, 0.6) is 0 Å². The predicted octanol–water partition coefficient (Wildman–Crippen LogP) is 1.52. The number of nitrogens with one attached hydrogen (secondary N) is 1. The third-order valence-corrected chi connectivity index (χ3v) is 1.19. The molecule has 0 aliphatic rings. The zero-order valence-electron chi connectivity index (χ0n) is 6.26. The standard InChI is InChI=1S/C7H14N2S/c1-2-3-4-5-6-9-7(8)10/h5-6H,2-4H2,1H3,(H3,8,9,10)/b6-5+. The zero-order chi connectivity index (χ0) is 7.82. The van der Waals surface area contributed by atoms with Crippen LogP contribution in [0.3, 0.4) is 0 Å². The number of hydrogen-bond donors (Lipinski definition) is 2. The summed E-state index contributed by atoms with van der Waals surface area (Å²) in [7, 11) is 0. The van der Waals surface area contributed by atoms with E-state index in [1.54, 1.807) is 6.20 Å². The molecule has 0 bridgehead atoms. The second-order valence-electron chi connectivity index (χ2n) is 2.05. The maximum atomic E-state index is 5.18. The minimum Gasteiger partial charge on any atom is -0.376 e.